The van der Waals surface area contributed by atoms with Gasteiger partial charge in [0.15, 0.2) is 5.13 Å². The van der Waals surface area contributed by atoms with Crippen LogP contribution >= 0.6 is 22.7 Å². The number of aromatic nitrogens is 2. The molecule has 0 bridgehead atoms. The van der Waals surface area contributed by atoms with E-state index in [-0.39, 0.29) is 11.9 Å². The summed E-state index contributed by atoms with van der Waals surface area (Å²) in [6, 6.07) is -0.196. The van der Waals surface area contributed by atoms with E-state index in [1.807, 2.05) is 11.6 Å². The van der Waals surface area contributed by atoms with Crippen LogP contribution in [0.1, 0.15) is 60.7 Å². The van der Waals surface area contributed by atoms with E-state index in [2.05, 4.69) is 27.5 Å². The summed E-state index contributed by atoms with van der Waals surface area (Å²) in [6.07, 6.45) is 10.2. The fraction of sp³-hybridized carbons (Fsp3) is 0.562. The highest BCUT2D eigenvalue weighted by Gasteiger charge is 2.18. The van der Waals surface area contributed by atoms with Gasteiger partial charge in [-0.1, -0.05) is 26.2 Å². The number of amides is 2. The van der Waals surface area contributed by atoms with Gasteiger partial charge in [-0.3, -0.25) is 5.32 Å². The summed E-state index contributed by atoms with van der Waals surface area (Å²) in [4.78, 5) is 21.9. The molecule has 7 heteroatoms. The maximum absolute atomic E-state index is 12.0. The first-order chi connectivity index (χ1) is 11.2. The van der Waals surface area contributed by atoms with Gasteiger partial charge in [-0.15, -0.1) is 22.7 Å². The van der Waals surface area contributed by atoms with Crippen LogP contribution in [0.15, 0.2) is 17.8 Å². The molecule has 2 aromatic heterocycles. The number of rotatable bonds is 5. The standard InChI is InChI=1S/C16H22N4OS2/c1-11(14-17-7-8-22-14)9-18-15(21)20-16-19-10-13(23-16)12-5-3-2-4-6-12/h7-8,10-12H,2-6,9H2,1H3,(H2,18,19,20,21). The molecule has 0 radical (unpaired) electrons. The second kappa shape index (κ2) is 7.88. The van der Waals surface area contributed by atoms with Crippen molar-refractivity contribution in [2.24, 2.45) is 0 Å². The van der Waals surface area contributed by atoms with Crippen molar-refractivity contribution in [2.75, 3.05) is 11.9 Å². The molecule has 1 aliphatic carbocycles. The van der Waals surface area contributed by atoms with Crippen molar-refractivity contribution in [3.8, 4) is 0 Å². The Bertz CT molecular complexity index is 620. The Labute approximate surface area is 144 Å². The first-order valence-electron chi connectivity index (χ1n) is 8.12. The van der Waals surface area contributed by atoms with E-state index in [1.165, 1.54) is 37.0 Å². The van der Waals surface area contributed by atoms with E-state index >= 15 is 0 Å². The van der Waals surface area contributed by atoms with Crippen LogP contribution in [0, 0.1) is 0 Å². The van der Waals surface area contributed by atoms with Gasteiger partial charge in [-0.25, -0.2) is 14.8 Å². The summed E-state index contributed by atoms with van der Waals surface area (Å²) in [7, 11) is 0. The molecule has 23 heavy (non-hydrogen) atoms. The van der Waals surface area contributed by atoms with Gasteiger partial charge in [0.1, 0.15) is 0 Å². The van der Waals surface area contributed by atoms with Gasteiger partial charge >= 0.3 is 6.03 Å². The van der Waals surface area contributed by atoms with Gasteiger partial charge in [0.2, 0.25) is 0 Å². The zero-order chi connectivity index (χ0) is 16.1. The highest BCUT2D eigenvalue weighted by molar-refractivity contribution is 7.15. The molecule has 3 rings (SSSR count). The Morgan fingerprint density at radius 3 is 2.91 bits per heavy atom. The highest BCUT2D eigenvalue weighted by Crippen LogP contribution is 2.36. The number of carbonyl (C=O) groups is 1. The van der Waals surface area contributed by atoms with E-state index in [0.717, 1.165) is 5.01 Å². The second-order valence-corrected chi connectivity index (χ2v) is 8.00. The maximum atomic E-state index is 12.0. The molecule has 0 aromatic carbocycles. The van der Waals surface area contributed by atoms with Crippen molar-refractivity contribution in [1.82, 2.24) is 15.3 Å². The van der Waals surface area contributed by atoms with Gasteiger partial charge in [-0.05, 0) is 18.8 Å². The van der Waals surface area contributed by atoms with Gasteiger partial charge in [0, 0.05) is 35.1 Å². The van der Waals surface area contributed by atoms with E-state index in [4.69, 9.17) is 0 Å². The molecule has 1 aliphatic rings. The Balaban J connectivity index is 1.47. The monoisotopic (exact) mass is 350 g/mol. The topological polar surface area (TPSA) is 66.9 Å². The summed E-state index contributed by atoms with van der Waals surface area (Å²) in [6.45, 7) is 2.63. The molecule has 1 saturated carbocycles. The Morgan fingerprint density at radius 1 is 1.35 bits per heavy atom. The van der Waals surface area contributed by atoms with E-state index in [0.29, 0.717) is 17.6 Å². The van der Waals surface area contributed by atoms with Crippen molar-refractivity contribution in [3.05, 3.63) is 27.7 Å². The normalized spacial score (nSPS) is 16.9. The van der Waals surface area contributed by atoms with Crippen molar-refractivity contribution in [2.45, 2.75) is 50.9 Å². The predicted molar refractivity (Wildman–Crippen MR) is 95.5 cm³/mol. The molecule has 1 fully saturated rings. The zero-order valence-corrected chi connectivity index (χ0v) is 14.9. The molecule has 1 atom stereocenters. The number of hydrogen-bond donors (Lipinski definition) is 2. The van der Waals surface area contributed by atoms with Gasteiger partial charge < -0.3 is 5.32 Å². The third kappa shape index (κ3) is 4.51. The van der Waals surface area contributed by atoms with Crippen molar-refractivity contribution < 1.29 is 4.79 Å². The minimum Gasteiger partial charge on any atom is -0.337 e. The predicted octanol–water partition coefficient (Wildman–Crippen LogP) is 4.57. The third-order valence-electron chi connectivity index (χ3n) is 4.19. The average Bonchev–Trinajstić information content (AvgIpc) is 3.25. The third-order valence-corrected chi connectivity index (χ3v) is 6.28. The van der Waals surface area contributed by atoms with Crippen LogP contribution < -0.4 is 10.6 Å². The Hall–Kier alpha value is -1.47. The molecular weight excluding hydrogens is 328 g/mol. The van der Waals surface area contributed by atoms with Gasteiger partial charge in [-0.2, -0.15) is 0 Å². The fourth-order valence-corrected chi connectivity index (χ4v) is 4.55. The van der Waals surface area contributed by atoms with Crippen LogP contribution in [-0.2, 0) is 0 Å². The highest BCUT2D eigenvalue weighted by atomic mass is 32.1. The molecule has 2 heterocycles. The number of hydrogen-bond acceptors (Lipinski definition) is 5. The lowest BCUT2D eigenvalue weighted by Crippen LogP contribution is -2.31. The van der Waals surface area contributed by atoms with Crippen LogP contribution in [-0.4, -0.2) is 22.5 Å². The molecule has 2 aromatic rings. The van der Waals surface area contributed by atoms with Crippen molar-refractivity contribution in [1.29, 1.82) is 0 Å². The smallest absolute Gasteiger partial charge is 0.321 e. The minimum absolute atomic E-state index is 0.196. The summed E-state index contributed by atoms with van der Waals surface area (Å²) in [5, 5.41) is 9.41. The number of nitrogens with one attached hydrogen (secondary N) is 2. The van der Waals surface area contributed by atoms with Crippen molar-refractivity contribution in [3.63, 3.8) is 0 Å². The van der Waals surface area contributed by atoms with Crippen LogP contribution in [0.4, 0.5) is 9.93 Å². The molecule has 1 unspecified atom stereocenters. The summed E-state index contributed by atoms with van der Waals surface area (Å²) in [5.41, 5.74) is 0. The number of thiazole rings is 2. The molecule has 124 valence electrons. The van der Waals surface area contributed by atoms with Crippen LogP contribution in [0.25, 0.3) is 0 Å². The van der Waals surface area contributed by atoms with E-state index in [9.17, 15) is 4.79 Å². The average molecular weight is 351 g/mol. The second-order valence-electron chi connectivity index (χ2n) is 6.01. The zero-order valence-electron chi connectivity index (χ0n) is 13.2. The number of anilines is 1. The lowest BCUT2D eigenvalue weighted by molar-refractivity contribution is 0.251. The first kappa shape index (κ1) is 16.4. The minimum atomic E-state index is -0.196. The van der Waals surface area contributed by atoms with Gasteiger partial charge in [0.25, 0.3) is 0 Å². The lowest BCUT2D eigenvalue weighted by Gasteiger charge is -2.19. The number of carbonyl (C=O) groups excluding carboxylic acids is 1. The van der Waals surface area contributed by atoms with Crippen LogP contribution in [0.5, 0.6) is 0 Å². The molecule has 0 aliphatic heterocycles. The maximum Gasteiger partial charge on any atom is 0.321 e. The molecular formula is C16H22N4OS2. The van der Waals surface area contributed by atoms with Gasteiger partial charge in [0.05, 0.1) is 5.01 Å². The molecule has 5 nitrogen and oxygen atoms in total. The molecule has 2 amide bonds. The van der Waals surface area contributed by atoms with Crippen molar-refractivity contribution >= 4 is 33.8 Å². The summed E-state index contributed by atoms with van der Waals surface area (Å²) in [5.74, 6) is 0.847. The summed E-state index contributed by atoms with van der Waals surface area (Å²) >= 11 is 3.22. The first-order valence-corrected chi connectivity index (χ1v) is 9.82. The quantitative estimate of drug-likeness (QED) is 0.830. The lowest BCUT2D eigenvalue weighted by atomic mass is 9.89. The number of urea groups is 1. The molecule has 2 N–H and O–H groups in total. The Kier molecular flexibility index (Phi) is 5.61. The fourth-order valence-electron chi connectivity index (χ4n) is 2.87. The number of nitrogens with zero attached hydrogens (tertiary/aromatic N) is 2. The van der Waals surface area contributed by atoms with Crippen LogP contribution in [0.2, 0.25) is 0 Å². The van der Waals surface area contributed by atoms with E-state index in [1.54, 1.807) is 28.9 Å². The largest absolute Gasteiger partial charge is 0.337 e. The molecule has 0 spiro atoms. The summed E-state index contributed by atoms with van der Waals surface area (Å²) < 4.78 is 0. The van der Waals surface area contributed by atoms with Crippen LogP contribution in [0.3, 0.4) is 0 Å². The van der Waals surface area contributed by atoms with E-state index < -0.39 is 0 Å². The Morgan fingerprint density at radius 2 is 2.17 bits per heavy atom. The molecule has 0 saturated heterocycles. The SMILES string of the molecule is CC(CNC(=O)Nc1ncc(C2CCCCC2)s1)c1nccs1.